The van der Waals surface area contributed by atoms with Gasteiger partial charge in [0.25, 0.3) is 5.91 Å². The average Bonchev–Trinajstić information content (AvgIpc) is 3.21. The van der Waals surface area contributed by atoms with Gasteiger partial charge in [-0.2, -0.15) is 0 Å². The van der Waals surface area contributed by atoms with Crippen LogP contribution < -0.4 is 4.74 Å². The number of hydrogen-bond acceptors (Lipinski definition) is 3. The molecule has 2 aliphatic rings. The normalized spacial score (nSPS) is 18.5. The molecule has 0 radical (unpaired) electrons. The largest absolute Gasteiger partial charge is 0.496 e. The number of ether oxygens (including phenoxy) is 1. The summed E-state index contributed by atoms with van der Waals surface area (Å²) in [5, 5.41) is 0. The molecule has 0 spiro atoms. The summed E-state index contributed by atoms with van der Waals surface area (Å²) >= 11 is 0. The summed E-state index contributed by atoms with van der Waals surface area (Å²) in [4.78, 5) is 29.3. The summed E-state index contributed by atoms with van der Waals surface area (Å²) in [5.41, 5.74) is 1.75. The summed E-state index contributed by atoms with van der Waals surface area (Å²) < 4.78 is 5.41. The van der Waals surface area contributed by atoms with Gasteiger partial charge < -0.3 is 14.5 Å². The zero-order valence-corrected chi connectivity index (χ0v) is 16.2. The first kappa shape index (κ1) is 18.7. The van der Waals surface area contributed by atoms with E-state index in [1.54, 1.807) is 7.11 Å². The molecule has 2 amide bonds. The van der Waals surface area contributed by atoms with Crippen molar-refractivity contribution in [1.29, 1.82) is 0 Å². The minimum absolute atomic E-state index is 0.0440. The van der Waals surface area contributed by atoms with Crippen LogP contribution in [0.5, 0.6) is 5.75 Å². The molecule has 1 saturated heterocycles. The van der Waals surface area contributed by atoms with Crippen LogP contribution in [0.25, 0.3) is 0 Å². The zero-order valence-electron chi connectivity index (χ0n) is 16.2. The maximum Gasteiger partial charge on any atom is 0.253 e. The van der Waals surface area contributed by atoms with Gasteiger partial charge in [0.05, 0.1) is 7.11 Å². The lowest BCUT2D eigenvalue weighted by Gasteiger charge is -2.36. The van der Waals surface area contributed by atoms with E-state index in [0.717, 1.165) is 24.2 Å². The molecule has 5 heteroatoms. The molecule has 1 heterocycles. The van der Waals surface area contributed by atoms with Crippen LogP contribution in [0.1, 0.15) is 61.4 Å². The Labute approximate surface area is 156 Å². The second-order valence-electron chi connectivity index (χ2n) is 7.71. The number of benzene rings is 1. The van der Waals surface area contributed by atoms with E-state index in [1.807, 2.05) is 28.0 Å². The Morgan fingerprint density at radius 3 is 2.23 bits per heavy atom. The van der Waals surface area contributed by atoms with Crippen molar-refractivity contribution in [3.63, 3.8) is 0 Å². The molecule has 0 N–H and O–H groups in total. The molecular formula is C21H30N2O3. The molecule has 0 aromatic heterocycles. The SMILES string of the molecule is COc1ccc(C(=O)N2CCN(C(=O)C3CCCC3)CC2)cc1C(C)C. The molecule has 0 bridgehead atoms. The Balaban J connectivity index is 1.63. The van der Waals surface area contributed by atoms with E-state index >= 15 is 0 Å². The van der Waals surface area contributed by atoms with Crippen molar-refractivity contribution in [2.75, 3.05) is 33.3 Å². The Kier molecular flexibility index (Phi) is 5.84. The second kappa shape index (κ2) is 8.11. The van der Waals surface area contributed by atoms with Crippen molar-refractivity contribution in [2.24, 2.45) is 5.92 Å². The molecule has 3 rings (SSSR count). The standard InChI is InChI=1S/C21H30N2O3/c1-15(2)18-14-17(8-9-19(18)26-3)21(25)23-12-10-22(11-13-23)20(24)16-6-4-5-7-16/h8-9,14-16H,4-7,10-13H2,1-3H3. The minimum Gasteiger partial charge on any atom is -0.496 e. The number of piperazine rings is 1. The highest BCUT2D eigenvalue weighted by atomic mass is 16.5. The van der Waals surface area contributed by atoms with E-state index in [0.29, 0.717) is 43.6 Å². The second-order valence-corrected chi connectivity index (χ2v) is 7.71. The molecule has 1 saturated carbocycles. The quantitative estimate of drug-likeness (QED) is 0.830. The Hall–Kier alpha value is -2.04. The van der Waals surface area contributed by atoms with Gasteiger partial charge in [-0.3, -0.25) is 9.59 Å². The number of carbonyl (C=O) groups is 2. The predicted octanol–water partition coefficient (Wildman–Crippen LogP) is 3.29. The van der Waals surface area contributed by atoms with Crippen molar-refractivity contribution < 1.29 is 14.3 Å². The lowest BCUT2D eigenvalue weighted by atomic mass is 9.99. The summed E-state index contributed by atoms with van der Waals surface area (Å²) in [6.45, 7) is 6.71. The molecule has 0 atom stereocenters. The minimum atomic E-state index is 0.0440. The lowest BCUT2D eigenvalue weighted by Crippen LogP contribution is -2.51. The third-order valence-electron chi connectivity index (χ3n) is 5.68. The molecule has 142 valence electrons. The summed E-state index contributed by atoms with van der Waals surface area (Å²) in [6.07, 6.45) is 4.40. The van der Waals surface area contributed by atoms with Crippen molar-refractivity contribution in [3.05, 3.63) is 29.3 Å². The number of methoxy groups -OCH3 is 1. The van der Waals surface area contributed by atoms with Crippen LogP contribution in [0.15, 0.2) is 18.2 Å². The summed E-state index contributed by atoms with van der Waals surface area (Å²) in [6, 6.07) is 5.66. The number of carbonyl (C=O) groups excluding carboxylic acids is 2. The van der Waals surface area contributed by atoms with Gasteiger partial charge >= 0.3 is 0 Å². The van der Waals surface area contributed by atoms with Crippen LogP contribution in [-0.2, 0) is 4.79 Å². The van der Waals surface area contributed by atoms with E-state index in [9.17, 15) is 9.59 Å². The Morgan fingerprint density at radius 1 is 1.04 bits per heavy atom. The molecule has 2 fully saturated rings. The topological polar surface area (TPSA) is 49.9 Å². The molecule has 26 heavy (non-hydrogen) atoms. The molecule has 1 aromatic carbocycles. The van der Waals surface area contributed by atoms with E-state index < -0.39 is 0 Å². The fourth-order valence-corrected chi connectivity index (χ4v) is 4.06. The first-order chi connectivity index (χ1) is 12.5. The fraction of sp³-hybridized carbons (Fsp3) is 0.619. The van der Waals surface area contributed by atoms with Crippen LogP contribution in [0, 0.1) is 5.92 Å². The van der Waals surface area contributed by atoms with Gasteiger partial charge in [-0.15, -0.1) is 0 Å². The zero-order chi connectivity index (χ0) is 18.7. The van der Waals surface area contributed by atoms with Crippen LogP contribution in [0.3, 0.4) is 0 Å². The van der Waals surface area contributed by atoms with Gasteiger partial charge in [-0.25, -0.2) is 0 Å². The number of rotatable bonds is 4. The van der Waals surface area contributed by atoms with E-state index in [-0.39, 0.29) is 11.8 Å². The molecule has 1 aromatic rings. The van der Waals surface area contributed by atoms with Crippen molar-refractivity contribution in [3.8, 4) is 5.75 Å². The first-order valence-corrected chi connectivity index (χ1v) is 9.77. The van der Waals surface area contributed by atoms with Crippen LogP contribution >= 0.6 is 0 Å². The van der Waals surface area contributed by atoms with Gasteiger partial charge in [0.2, 0.25) is 5.91 Å². The maximum atomic E-state index is 12.9. The number of amides is 2. The third kappa shape index (κ3) is 3.87. The number of nitrogens with zero attached hydrogens (tertiary/aromatic N) is 2. The van der Waals surface area contributed by atoms with Gasteiger partial charge in [0.15, 0.2) is 0 Å². The molecule has 1 aliphatic heterocycles. The first-order valence-electron chi connectivity index (χ1n) is 9.77. The van der Waals surface area contributed by atoms with E-state index in [4.69, 9.17) is 4.74 Å². The highest BCUT2D eigenvalue weighted by Gasteiger charge is 2.30. The van der Waals surface area contributed by atoms with Crippen LogP contribution in [-0.4, -0.2) is 54.9 Å². The molecule has 0 unspecified atom stereocenters. The number of hydrogen-bond donors (Lipinski definition) is 0. The van der Waals surface area contributed by atoms with Crippen LogP contribution in [0.2, 0.25) is 0 Å². The van der Waals surface area contributed by atoms with Crippen molar-refractivity contribution >= 4 is 11.8 Å². The third-order valence-corrected chi connectivity index (χ3v) is 5.68. The predicted molar refractivity (Wildman–Crippen MR) is 102 cm³/mol. The highest BCUT2D eigenvalue weighted by molar-refractivity contribution is 5.95. The van der Waals surface area contributed by atoms with E-state index in [1.165, 1.54) is 12.8 Å². The molecule has 1 aliphatic carbocycles. The van der Waals surface area contributed by atoms with Crippen LogP contribution in [0.4, 0.5) is 0 Å². The highest BCUT2D eigenvalue weighted by Crippen LogP contribution is 2.29. The Bertz CT molecular complexity index is 657. The van der Waals surface area contributed by atoms with Gasteiger partial charge in [-0.1, -0.05) is 26.7 Å². The van der Waals surface area contributed by atoms with Gasteiger partial charge in [0.1, 0.15) is 5.75 Å². The Morgan fingerprint density at radius 2 is 1.65 bits per heavy atom. The average molecular weight is 358 g/mol. The molecule has 5 nitrogen and oxygen atoms in total. The van der Waals surface area contributed by atoms with Crippen molar-refractivity contribution in [2.45, 2.75) is 45.4 Å². The van der Waals surface area contributed by atoms with Crippen molar-refractivity contribution in [1.82, 2.24) is 9.80 Å². The molecular weight excluding hydrogens is 328 g/mol. The van der Waals surface area contributed by atoms with E-state index in [2.05, 4.69) is 13.8 Å². The van der Waals surface area contributed by atoms with Gasteiger partial charge in [-0.05, 0) is 42.5 Å². The van der Waals surface area contributed by atoms with Gasteiger partial charge in [0, 0.05) is 37.7 Å². The smallest absolute Gasteiger partial charge is 0.253 e. The maximum absolute atomic E-state index is 12.9. The summed E-state index contributed by atoms with van der Waals surface area (Å²) in [5.74, 6) is 1.67. The fourth-order valence-electron chi connectivity index (χ4n) is 4.06. The summed E-state index contributed by atoms with van der Waals surface area (Å²) in [7, 11) is 1.66. The lowest BCUT2D eigenvalue weighted by molar-refractivity contribution is -0.136. The monoisotopic (exact) mass is 358 g/mol.